The van der Waals surface area contributed by atoms with E-state index in [1.54, 1.807) is 23.4 Å². The van der Waals surface area contributed by atoms with E-state index < -0.39 is 5.97 Å². The van der Waals surface area contributed by atoms with E-state index in [-0.39, 0.29) is 18.2 Å². The minimum atomic E-state index is -0.773. The first-order valence-electron chi connectivity index (χ1n) is 6.68. The van der Waals surface area contributed by atoms with Gasteiger partial charge in [-0.3, -0.25) is 14.6 Å². The van der Waals surface area contributed by atoms with Gasteiger partial charge in [-0.05, 0) is 47.2 Å². The summed E-state index contributed by atoms with van der Waals surface area (Å²) in [4.78, 5) is 28.8. The molecule has 1 N–H and O–H groups in total. The van der Waals surface area contributed by atoms with Gasteiger partial charge < -0.3 is 10.0 Å². The van der Waals surface area contributed by atoms with Gasteiger partial charge in [0.1, 0.15) is 0 Å². The van der Waals surface area contributed by atoms with Gasteiger partial charge in [0.15, 0.2) is 0 Å². The normalized spacial score (nSPS) is 18.9. The lowest BCUT2D eigenvalue weighted by atomic mass is 9.93. The lowest BCUT2D eigenvalue weighted by Gasteiger charge is -2.32. The van der Waals surface area contributed by atoms with Crippen molar-refractivity contribution in [1.29, 1.82) is 0 Å². The highest BCUT2D eigenvalue weighted by atomic mass is 79.9. The number of amides is 1. The Balaban J connectivity index is 1.98. The molecule has 0 saturated carbocycles. The summed E-state index contributed by atoms with van der Waals surface area (Å²) in [6.45, 7) is 1.37. The van der Waals surface area contributed by atoms with Crippen molar-refractivity contribution < 1.29 is 14.7 Å². The number of likely N-dealkylation sites (tertiary alicyclic amines) is 1. The molecule has 1 aliphatic heterocycles. The fourth-order valence-corrected chi connectivity index (χ4v) is 2.89. The van der Waals surface area contributed by atoms with Crippen molar-refractivity contribution in [1.82, 2.24) is 9.88 Å². The second-order valence-electron chi connectivity index (χ2n) is 5.08. The van der Waals surface area contributed by atoms with Crippen LogP contribution in [-0.2, 0) is 4.79 Å². The SMILES string of the molecule is O=C(O)CC[C@@H]1CCCN(C(=O)c2cncc(Br)c2)C1. The van der Waals surface area contributed by atoms with E-state index in [4.69, 9.17) is 5.11 Å². The number of aliphatic carboxylic acids is 1. The van der Waals surface area contributed by atoms with Crippen molar-refractivity contribution in [2.45, 2.75) is 25.7 Å². The molecule has 2 rings (SSSR count). The van der Waals surface area contributed by atoms with Crippen molar-refractivity contribution in [2.75, 3.05) is 13.1 Å². The molecule has 1 aliphatic rings. The molecule has 6 heteroatoms. The molecule has 1 fully saturated rings. The van der Waals surface area contributed by atoms with E-state index >= 15 is 0 Å². The number of pyridine rings is 1. The summed E-state index contributed by atoms with van der Waals surface area (Å²) in [5.41, 5.74) is 0.568. The molecule has 1 aromatic rings. The molecule has 20 heavy (non-hydrogen) atoms. The average Bonchev–Trinajstić information content (AvgIpc) is 2.44. The smallest absolute Gasteiger partial charge is 0.303 e. The zero-order chi connectivity index (χ0) is 14.5. The Morgan fingerprint density at radius 1 is 1.45 bits per heavy atom. The van der Waals surface area contributed by atoms with Crippen LogP contribution in [0.1, 0.15) is 36.0 Å². The minimum absolute atomic E-state index is 0.0289. The van der Waals surface area contributed by atoms with Crippen LogP contribution in [0.4, 0.5) is 0 Å². The Kier molecular flexibility index (Phi) is 5.11. The number of carboxylic acid groups (broad SMARTS) is 1. The molecule has 0 spiro atoms. The predicted octanol–water partition coefficient (Wildman–Crippen LogP) is 2.56. The molecule has 2 heterocycles. The van der Waals surface area contributed by atoms with Gasteiger partial charge in [-0.15, -0.1) is 0 Å². The Morgan fingerprint density at radius 2 is 2.25 bits per heavy atom. The summed E-state index contributed by atoms with van der Waals surface area (Å²) in [6, 6.07) is 1.76. The highest BCUT2D eigenvalue weighted by molar-refractivity contribution is 9.10. The third kappa shape index (κ3) is 4.03. The zero-order valence-corrected chi connectivity index (χ0v) is 12.7. The van der Waals surface area contributed by atoms with Crippen molar-refractivity contribution in [3.05, 3.63) is 28.5 Å². The number of carbonyl (C=O) groups excluding carboxylic acids is 1. The largest absolute Gasteiger partial charge is 0.481 e. The molecule has 1 atom stereocenters. The predicted molar refractivity (Wildman–Crippen MR) is 77.4 cm³/mol. The number of hydrogen-bond acceptors (Lipinski definition) is 3. The third-order valence-corrected chi connectivity index (χ3v) is 3.96. The van der Waals surface area contributed by atoms with Gasteiger partial charge in [0.05, 0.1) is 5.56 Å². The molecular weight excluding hydrogens is 324 g/mol. The van der Waals surface area contributed by atoms with Gasteiger partial charge >= 0.3 is 5.97 Å². The molecule has 0 radical (unpaired) electrons. The van der Waals surface area contributed by atoms with E-state index in [2.05, 4.69) is 20.9 Å². The molecule has 5 nitrogen and oxygen atoms in total. The lowest BCUT2D eigenvalue weighted by Crippen LogP contribution is -2.40. The van der Waals surface area contributed by atoms with E-state index in [1.807, 2.05) is 0 Å². The summed E-state index contributed by atoms with van der Waals surface area (Å²) in [5.74, 6) is -0.521. The van der Waals surface area contributed by atoms with Crippen molar-refractivity contribution >= 4 is 27.8 Å². The van der Waals surface area contributed by atoms with Crippen LogP contribution in [0.5, 0.6) is 0 Å². The Hall–Kier alpha value is -1.43. The Bertz CT molecular complexity index is 507. The Labute approximate surface area is 126 Å². The number of halogens is 1. The highest BCUT2D eigenvalue weighted by Gasteiger charge is 2.25. The molecule has 1 amide bonds. The van der Waals surface area contributed by atoms with Gasteiger partial charge in [0.25, 0.3) is 5.91 Å². The van der Waals surface area contributed by atoms with E-state index in [1.165, 1.54) is 0 Å². The maximum atomic E-state index is 12.4. The number of aromatic nitrogens is 1. The van der Waals surface area contributed by atoms with Crippen LogP contribution in [0.15, 0.2) is 22.9 Å². The van der Waals surface area contributed by atoms with Gasteiger partial charge in [-0.25, -0.2) is 0 Å². The van der Waals surface area contributed by atoms with Crippen LogP contribution in [0.2, 0.25) is 0 Å². The van der Waals surface area contributed by atoms with Gasteiger partial charge in [-0.2, -0.15) is 0 Å². The van der Waals surface area contributed by atoms with Crippen molar-refractivity contribution in [3.8, 4) is 0 Å². The number of carboxylic acids is 1. The first-order valence-corrected chi connectivity index (χ1v) is 7.47. The van der Waals surface area contributed by atoms with Gasteiger partial charge in [0, 0.05) is 36.4 Å². The second kappa shape index (κ2) is 6.83. The molecule has 0 unspecified atom stereocenters. The van der Waals surface area contributed by atoms with E-state index in [0.29, 0.717) is 18.5 Å². The third-order valence-electron chi connectivity index (χ3n) is 3.52. The zero-order valence-electron chi connectivity index (χ0n) is 11.1. The number of nitrogens with zero attached hydrogens (tertiary/aromatic N) is 2. The number of carbonyl (C=O) groups is 2. The number of hydrogen-bond donors (Lipinski definition) is 1. The summed E-state index contributed by atoms with van der Waals surface area (Å²) in [5, 5.41) is 8.73. The van der Waals surface area contributed by atoms with Crippen LogP contribution >= 0.6 is 15.9 Å². The van der Waals surface area contributed by atoms with Gasteiger partial charge in [0.2, 0.25) is 0 Å². The monoisotopic (exact) mass is 340 g/mol. The first kappa shape index (κ1) is 15.0. The number of rotatable bonds is 4. The summed E-state index contributed by atoms with van der Waals surface area (Å²) in [6.07, 6.45) is 5.93. The summed E-state index contributed by atoms with van der Waals surface area (Å²) in [7, 11) is 0. The first-order chi connectivity index (χ1) is 9.56. The molecular formula is C14H17BrN2O3. The second-order valence-corrected chi connectivity index (χ2v) is 6.00. The summed E-state index contributed by atoms with van der Waals surface area (Å²) >= 11 is 3.31. The minimum Gasteiger partial charge on any atom is -0.481 e. The fraction of sp³-hybridized carbons (Fsp3) is 0.500. The van der Waals surface area contributed by atoms with Crippen molar-refractivity contribution in [2.24, 2.45) is 5.92 Å². The standard InChI is InChI=1S/C14H17BrN2O3/c15-12-6-11(7-16-8-12)14(20)17-5-1-2-10(9-17)3-4-13(18)19/h6-8,10H,1-5,9H2,(H,18,19)/t10-/m0/s1. The fourth-order valence-electron chi connectivity index (χ4n) is 2.52. The van der Waals surface area contributed by atoms with Crippen LogP contribution in [0.3, 0.4) is 0 Å². The molecule has 0 aromatic carbocycles. The molecule has 108 valence electrons. The molecule has 0 aliphatic carbocycles. The Morgan fingerprint density at radius 3 is 2.95 bits per heavy atom. The van der Waals surface area contributed by atoms with Crippen LogP contribution in [0, 0.1) is 5.92 Å². The molecule has 1 aromatic heterocycles. The average molecular weight is 341 g/mol. The van der Waals surface area contributed by atoms with E-state index in [9.17, 15) is 9.59 Å². The van der Waals surface area contributed by atoms with Crippen LogP contribution in [0.25, 0.3) is 0 Å². The highest BCUT2D eigenvalue weighted by Crippen LogP contribution is 2.23. The molecule has 1 saturated heterocycles. The van der Waals surface area contributed by atoms with E-state index in [0.717, 1.165) is 23.9 Å². The van der Waals surface area contributed by atoms with Crippen LogP contribution < -0.4 is 0 Å². The maximum Gasteiger partial charge on any atom is 0.303 e. The lowest BCUT2D eigenvalue weighted by molar-refractivity contribution is -0.137. The molecule has 0 bridgehead atoms. The van der Waals surface area contributed by atoms with Gasteiger partial charge in [-0.1, -0.05) is 0 Å². The maximum absolute atomic E-state index is 12.4. The van der Waals surface area contributed by atoms with Crippen LogP contribution in [-0.4, -0.2) is 40.0 Å². The number of piperidine rings is 1. The summed E-state index contributed by atoms with van der Waals surface area (Å²) < 4.78 is 0.780. The topological polar surface area (TPSA) is 70.5 Å². The van der Waals surface area contributed by atoms with Crippen molar-refractivity contribution in [3.63, 3.8) is 0 Å². The quantitative estimate of drug-likeness (QED) is 0.914.